The Bertz CT molecular complexity index is 1300. The molecule has 0 radical (unpaired) electrons. The van der Waals surface area contributed by atoms with Crippen LogP contribution in [-0.2, 0) is 0 Å². The van der Waals surface area contributed by atoms with Gasteiger partial charge in [0.2, 0.25) is 11.3 Å². The van der Waals surface area contributed by atoms with E-state index in [2.05, 4.69) is 35.5 Å². The molecule has 0 spiro atoms. The third kappa shape index (κ3) is 2.14. The van der Waals surface area contributed by atoms with Gasteiger partial charge in [-0.15, -0.1) is 10.2 Å². The minimum absolute atomic E-state index is 0.359. The number of carbonyl (C=O) groups is 1. The number of rotatable bonds is 2. The second kappa shape index (κ2) is 5.52. The third-order valence-electron chi connectivity index (χ3n) is 3.96. The monoisotopic (exact) mass is 343 g/mol. The molecule has 5 aromatic rings. The van der Waals surface area contributed by atoms with Gasteiger partial charge in [-0.05, 0) is 17.3 Å². The highest BCUT2D eigenvalue weighted by Crippen LogP contribution is 2.38. The number of benzene rings is 1. The van der Waals surface area contributed by atoms with E-state index in [-0.39, 0.29) is 0 Å². The SMILES string of the molecule is O=C(N=Nc1c2ccccc2c2nc3no[nH]c3nc12)c1cccnc1. The molecule has 1 amide bonds. The average Bonchev–Trinajstić information content (AvgIpc) is 3.27. The fourth-order valence-corrected chi connectivity index (χ4v) is 2.79. The molecule has 9 heteroatoms. The summed E-state index contributed by atoms with van der Waals surface area (Å²) >= 11 is 0. The van der Waals surface area contributed by atoms with Crippen LogP contribution in [0.2, 0.25) is 0 Å². The molecule has 124 valence electrons. The van der Waals surface area contributed by atoms with Gasteiger partial charge in [-0.25, -0.2) is 9.97 Å². The van der Waals surface area contributed by atoms with Crippen LogP contribution in [0.3, 0.4) is 0 Å². The number of carbonyl (C=O) groups excluding carboxylic acids is 1. The van der Waals surface area contributed by atoms with Crippen LogP contribution >= 0.6 is 0 Å². The first kappa shape index (κ1) is 14.3. The van der Waals surface area contributed by atoms with E-state index in [0.717, 1.165) is 10.8 Å². The zero-order chi connectivity index (χ0) is 17.5. The second-order valence-corrected chi connectivity index (χ2v) is 5.52. The maximum Gasteiger partial charge on any atom is 0.296 e. The minimum Gasteiger partial charge on any atom is -0.267 e. The number of nitrogens with zero attached hydrogens (tertiary/aromatic N) is 6. The molecule has 2 aromatic carbocycles. The van der Waals surface area contributed by atoms with Crippen molar-refractivity contribution in [2.24, 2.45) is 10.2 Å². The van der Waals surface area contributed by atoms with Gasteiger partial charge in [-0.2, -0.15) is 5.16 Å². The summed E-state index contributed by atoms with van der Waals surface area (Å²) in [6.07, 6.45) is 3.03. The maximum absolute atomic E-state index is 12.2. The van der Waals surface area contributed by atoms with Crippen LogP contribution in [0.5, 0.6) is 0 Å². The predicted molar refractivity (Wildman–Crippen MR) is 92.0 cm³/mol. The van der Waals surface area contributed by atoms with E-state index in [9.17, 15) is 4.79 Å². The first-order valence-electron chi connectivity index (χ1n) is 7.69. The molecular formula is C17H9N7O2. The lowest BCUT2D eigenvalue weighted by molar-refractivity contribution is 0.0994. The normalized spacial score (nSPS) is 11.8. The van der Waals surface area contributed by atoms with Gasteiger partial charge in [0.1, 0.15) is 16.7 Å². The van der Waals surface area contributed by atoms with E-state index in [1.54, 1.807) is 18.3 Å². The fourth-order valence-electron chi connectivity index (χ4n) is 2.79. The van der Waals surface area contributed by atoms with E-state index < -0.39 is 5.91 Å². The highest BCUT2D eigenvalue weighted by molar-refractivity contribution is 6.18. The Morgan fingerprint density at radius 3 is 2.77 bits per heavy atom. The molecular weight excluding hydrogens is 334 g/mol. The Balaban J connectivity index is 1.72. The summed E-state index contributed by atoms with van der Waals surface area (Å²) in [6.45, 7) is 0. The van der Waals surface area contributed by atoms with Crippen molar-refractivity contribution in [1.29, 1.82) is 0 Å². The van der Waals surface area contributed by atoms with E-state index in [1.165, 1.54) is 6.20 Å². The summed E-state index contributed by atoms with van der Waals surface area (Å²) in [5.41, 5.74) is 2.72. The molecule has 0 atom stereocenters. The standard InChI is InChI=1S/C17H9N7O2/c25-17(9-4-3-7-18-8-9)22-21-13-11-6-2-1-5-10(11)12-14(13)20-16-15(19-12)23-26-24-16/h1-8H,(H,20,24). The molecule has 0 saturated heterocycles. The number of hydrogen-bond acceptors (Lipinski definition) is 7. The van der Waals surface area contributed by atoms with Gasteiger partial charge in [-0.3, -0.25) is 14.4 Å². The largest absolute Gasteiger partial charge is 0.296 e. The van der Waals surface area contributed by atoms with Crippen molar-refractivity contribution < 1.29 is 9.42 Å². The van der Waals surface area contributed by atoms with Crippen molar-refractivity contribution in [2.45, 2.75) is 0 Å². The van der Waals surface area contributed by atoms with E-state index in [4.69, 9.17) is 4.63 Å². The number of H-pyrrole nitrogens is 1. The van der Waals surface area contributed by atoms with E-state index in [1.807, 2.05) is 24.3 Å². The zero-order valence-corrected chi connectivity index (χ0v) is 13.1. The molecule has 0 aliphatic rings. The number of aromatic nitrogens is 5. The van der Waals surface area contributed by atoms with Gasteiger partial charge in [0.25, 0.3) is 5.91 Å². The smallest absolute Gasteiger partial charge is 0.267 e. The lowest BCUT2D eigenvalue weighted by Crippen LogP contribution is -1.93. The highest BCUT2D eigenvalue weighted by atomic mass is 16.6. The molecule has 1 N–H and O–H groups in total. The zero-order valence-electron chi connectivity index (χ0n) is 13.1. The van der Waals surface area contributed by atoms with Gasteiger partial charge in [0, 0.05) is 23.2 Å². The predicted octanol–water partition coefficient (Wildman–Crippen LogP) is 3.57. The van der Waals surface area contributed by atoms with Crippen LogP contribution in [-0.4, -0.2) is 31.2 Å². The van der Waals surface area contributed by atoms with Gasteiger partial charge in [0.05, 0.1) is 5.56 Å². The molecule has 0 fully saturated rings. The summed E-state index contributed by atoms with van der Waals surface area (Å²) in [6, 6.07) is 10.9. The van der Waals surface area contributed by atoms with Crippen LogP contribution in [0.15, 0.2) is 63.6 Å². The number of azo groups is 1. The molecule has 0 unspecified atom stereocenters. The van der Waals surface area contributed by atoms with Crippen molar-refractivity contribution in [3.63, 3.8) is 0 Å². The third-order valence-corrected chi connectivity index (χ3v) is 3.96. The molecule has 0 bridgehead atoms. The lowest BCUT2D eigenvalue weighted by Gasteiger charge is -1.93. The van der Waals surface area contributed by atoms with Crippen molar-refractivity contribution in [1.82, 2.24) is 25.3 Å². The Hall–Kier alpha value is -4.01. The molecule has 0 aliphatic heterocycles. The molecule has 26 heavy (non-hydrogen) atoms. The highest BCUT2D eigenvalue weighted by Gasteiger charge is 2.17. The van der Waals surface area contributed by atoms with Crippen LogP contribution in [0.1, 0.15) is 10.4 Å². The van der Waals surface area contributed by atoms with Crippen molar-refractivity contribution in [2.75, 3.05) is 0 Å². The molecule has 0 aliphatic carbocycles. The lowest BCUT2D eigenvalue weighted by atomic mass is 10.2. The summed E-state index contributed by atoms with van der Waals surface area (Å²) in [7, 11) is 0. The second-order valence-electron chi connectivity index (χ2n) is 5.52. The first-order valence-corrected chi connectivity index (χ1v) is 7.69. The summed E-state index contributed by atoms with van der Waals surface area (Å²) in [4.78, 5) is 25.1. The molecule has 9 nitrogen and oxygen atoms in total. The summed E-state index contributed by atoms with van der Waals surface area (Å²) in [5, 5.41) is 16.0. The number of amides is 1. The van der Waals surface area contributed by atoms with Crippen LogP contribution in [0.4, 0.5) is 5.69 Å². The molecule has 3 heterocycles. The van der Waals surface area contributed by atoms with E-state index >= 15 is 0 Å². The van der Waals surface area contributed by atoms with Crippen molar-refractivity contribution >= 4 is 44.7 Å². The van der Waals surface area contributed by atoms with Gasteiger partial charge >= 0.3 is 0 Å². The Morgan fingerprint density at radius 1 is 1.04 bits per heavy atom. The molecule has 0 saturated carbocycles. The number of fused-ring (bicyclic) bond motifs is 4. The number of aromatic amines is 1. The fraction of sp³-hybridized carbons (Fsp3) is 0. The molecule has 3 aromatic heterocycles. The maximum atomic E-state index is 12.2. The molecule has 5 rings (SSSR count). The van der Waals surface area contributed by atoms with E-state index in [0.29, 0.717) is 33.6 Å². The summed E-state index contributed by atoms with van der Waals surface area (Å²) < 4.78 is 4.80. The number of hydrogen-bond donors (Lipinski definition) is 1. The van der Waals surface area contributed by atoms with Crippen LogP contribution < -0.4 is 0 Å². The minimum atomic E-state index is -0.484. The first-order chi connectivity index (χ1) is 12.8. The number of nitrogens with one attached hydrogen (secondary N) is 1. The Morgan fingerprint density at radius 2 is 1.92 bits per heavy atom. The quantitative estimate of drug-likeness (QED) is 0.489. The van der Waals surface area contributed by atoms with Crippen LogP contribution in [0.25, 0.3) is 33.1 Å². The topological polar surface area (TPSA) is 122 Å². The number of pyridine rings is 1. The van der Waals surface area contributed by atoms with Gasteiger partial charge in [0.15, 0.2) is 0 Å². The van der Waals surface area contributed by atoms with Gasteiger partial charge < -0.3 is 0 Å². The average molecular weight is 343 g/mol. The van der Waals surface area contributed by atoms with Crippen molar-refractivity contribution in [3.05, 3.63) is 54.4 Å². The van der Waals surface area contributed by atoms with Gasteiger partial charge in [-0.1, -0.05) is 24.3 Å². The Labute approximate surface area is 144 Å². The van der Waals surface area contributed by atoms with Crippen molar-refractivity contribution in [3.8, 4) is 0 Å². The van der Waals surface area contributed by atoms with Crippen LogP contribution in [0, 0.1) is 0 Å². The summed E-state index contributed by atoms with van der Waals surface area (Å²) in [5.74, 6) is -0.484. The Kier molecular flexibility index (Phi) is 3.04.